The highest BCUT2D eigenvalue weighted by Crippen LogP contribution is 2.16. The van der Waals surface area contributed by atoms with Gasteiger partial charge in [-0.05, 0) is 25.1 Å². The summed E-state index contributed by atoms with van der Waals surface area (Å²) in [5.74, 6) is -0.671. The molecule has 0 saturated heterocycles. The molecule has 0 aromatic heterocycles. The summed E-state index contributed by atoms with van der Waals surface area (Å²) in [5, 5.41) is 0. The normalized spacial score (nSPS) is 10.7. The first-order valence-electron chi connectivity index (χ1n) is 5.30. The molecule has 18 heavy (non-hydrogen) atoms. The van der Waals surface area contributed by atoms with E-state index in [4.69, 9.17) is 0 Å². The van der Waals surface area contributed by atoms with Gasteiger partial charge in [-0.3, -0.25) is 4.79 Å². The molecule has 0 radical (unpaired) electrons. The highest BCUT2D eigenvalue weighted by atomic mass is 32.2. The number of hydrogen-bond donors (Lipinski definition) is 0. The molecule has 0 saturated carbocycles. The van der Waals surface area contributed by atoms with E-state index in [9.17, 15) is 13.2 Å². The molecule has 1 aromatic rings. The molecule has 0 aliphatic carbocycles. The number of nitrogens with zero attached hydrogens (tertiary/aromatic N) is 1. The van der Waals surface area contributed by atoms with Crippen LogP contribution in [0.15, 0.2) is 54.5 Å². The van der Waals surface area contributed by atoms with Gasteiger partial charge in [0.1, 0.15) is 0 Å². The van der Waals surface area contributed by atoms with Crippen LogP contribution in [0.4, 0.5) is 0 Å². The molecule has 96 valence electrons. The average Bonchev–Trinajstić information content (AvgIpc) is 2.35. The number of benzene rings is 1. The van der Waals surface area contributed by atoms with Gasteiger partial charge >= 0.3 is 0 Å². The minimum atomic E-state index is -3.85. The van der Waals surface area contributed by atoms with Crippen molar-refractivity contribution < 1.29 is 13.2 Å². The van der Waals surface area contributed by atoms with E-state index in [1.807, 2.05) is 6.92 Å². The molecule has 5 heteroatoms. The fraction of sp³-hybridized carbons (Fsp3) is 0.154. The third kappa shape index (κ3) is 2.87. The molecule has 0 N–H and O–H groups in total. The first-order valence-corrected chi connectivity index (χ1v) is 6.74. The molecule has 1 amide bonds. The molecule has 0 spiro atoms. The maximum absolute atomic E-state index is 12.2. The Bertz CT molecular complexity index is 558. The quantitative estimate of drug-likeness (QED) is 0.603. The van der Waals surface area contributed by atoms with E-state index in [2.05, 4.69) is 13.2 Å². The lowest BCUT2D eigenvalue weighted by atomic mass is 10.2. The van der Waals surface area contributed by atoms with Crippen molar-refractivity contribution in [2.45, 2.75) is 11.8 Å². The van der Waals surface area contributed by atoms with Crippen LogP contribution in [0.5, 0.6) is 0 Å². The number of sulfonamides is 1. The van der Waals surface area contributed by atoms with Gasteiger partial charge in [-0.2, -0.15) is 0 Å². The smallest absolute Gasteiger partial charge is 0.267 e. The third-order valence-corrected chi connectivity index (χ3v) is 4.10. The summed E-state index contributed by atoms with van der Waals surface area (Å²) in [6.45, 7) is 8.51. The molecule has 0 aliphatic rings. The monoisotopic (exact) mass is 265 g/mol. The van der Waals surface area contributed by atoms with E-state index in [1.54, 1.807) is 12.1 Å². The zero-order valence-electron chi connectivity index (χ0n) is 10.2. The van der Waals surface area contributed by atoms with Crippen LogP contribution in [-0.4, -0.2) is 25.2 Å². The Hall–Kier alpha value is -1.88. The van der Waals surface area contributed by atoms with Gasteiger partial charge in [0.05, 0.1) is 11.4 Å². The lowest BCUT2D eigenvalue weighted by molar-refractivity contribution is -0.121. The lowest BCUT2D eigenvalue weighted by Crippen LogP contribution is -2.35. The minimum Gasteiger partial charge on any atom is -0.269 e. The molecular formula is C13H15NO3S. The molecule has 0 fully saturated rings. The van der Waals surface area contributed by atoms with Crippen molar-refractivity contribution in [2.24, 2.45) is 0 Å². The topological polar surface area (TPSA) is 54.5 Å². The molecule has 0 unspecified atom stereocenters. The summed E-state index contributed by atoms with van der Waals surface area (Å²) >= 11 is 0. The Balaban J connectivity index is 3.24. The van der Waals surface area contributed by atoms with Gasteiger partial charge in [0.2, 0.25) is 0 Å². The predicted octanol–water partition coefficient (Wildman–Crippen LogP) is 1.88. The summed E-state index contributed by atoms with van der Waals surface area (Å²) in [6.07, 6.45) is 2.32. The first-order chi connectivity index (χ1) is 8.43. The first kappa shape index (κ1) is 14.2. The van der Waals surface area contributed by atoms with Gasteiger partial charge in [-0.15, -0.1) is 6.58 Å². The Morgan fingerprint density at radius 3 is 2.28 bits per heavy atom. The maximum Gasteiger partial charge on any atom is 0.267 e. The van der Waals surface area contributed by atoms with Crippen molar-refractivity contribution in [2.75, 3.05) is 6.54 Å². The molecule has 0 atom stereocenters. The zero-order valence-corrected chi connectivity index (χ0v) is 11.0. The second-order valence-corrected chi connectivity index (χ2v) is 5.54. The lowest BCUT2D eigenvalue weighted by Gasteiger charge is -2.19. The Morgan fingerprint density at radius 2 is 1.83 bits per heavy atom. The molecule has 0 bridgehead atoms. The van der Waals surface area contributed by atoms with E-state index in [-0.39, 0.29) is 11.4 Å². The summed E-state index contributed by atoms with van der Waals surface area (Å²) in [7, 11) is -3.85. The standard InChI is InChI=1S/C13H15NO3S/c1-4-10-14(13(15)5-2)18(16,17)12-8-6-11(3)7-9-12/h4-9H,1-2,10H2,3H3. The van der Waals surface area contributed by atoms with Gasteiger partial charge in [-0.1, -0.05) is 30.4 Å². The number of hydrogen-bond acceptors (Lipinski definition) is 3. The Kier molecular flexibility index (Phi) is 4.44. The second-order valence-electron chi connectivity index (χ2n) is 3.68. The molecule has 1 aromatic carbocycles. The number of rotatable bonds is 5. The SMILES string of the molecule is C=CCN(C(=O)C=C)S(=O)(=O)c1ccc(C)cc1. The minimum absolute atomic E-state index is 0.0742. The zero-order chi connectivity index (χ0) is 13.8. The van der Waals surface area contributed by atoms with E-state index >= 15 is 0 Å². The predicted molar refractivity (Wildman–Crippen MR) is 70.5 cm³/mol. The van der Waals surface area contributed by atoms with Gasteiger partial charge in [0.25, 0.3) is 15.9 Å². The van der Waals surface area contributed by atoms with Crippen LogP contribution < -0.4 is 0 Å². The van der Waals surface area contributed by atoms with Crippen LogP contribution in [0, 0.1) is 6.92 Å². The van der Waals surface area contributed by atoms with Crippen LogP contribution in [0.1, 0.15) is 5.56 Å². The van der Waals surface area contributed by atoms with Crippen LogP contribution in [0.25, 0.3) is 0 Å². The Morgan fingerprint density at radius 1 is 1.28 bits per heavy atom. The fourth-order valence-electron chi connectivity index (χ4n) is 1.36. The molecule has 4 nitrogen and oxygen atoms in total. The Labute approximate surface area is 107 Å². The van der Waals surface area contributed by atoms with Crippen LogP contribution in [0.3, 0.4) is 0 Å². The van der Waals surface area contributed by atoms with E-state index in [0.717, 1.165) is 15.9 Å². The second kappa shape index (κ2) is 5.64. The van der Waals surface area contributed by atoms with E-state index < -0.39 is 15.9 Å². The summed E-state index contributed by atoms with van der Waals surface area (Å²) in [6, 6.07) is 6.29. The van der Waals surface area contributed by atoms with E-state index in [0.29, 0.717) is 0 Å². The van der Waals surface area contributed by atoms with Crippen molar-refractivity contribution in [3.8, 4) is 0 Å². The van der Waals surface area contributed by atoms with Crippen molar-refractivity contribution in [3.05, 3.63) is 55.1 Å². The third-order valence-electron chi connectivity index (χ3n) is 2.32. The average molecular weight is 265 g/mol. The van der Waals surface area contributed by atoms with Crippen LogP contribution >= 0.6 is 0 Å². The van der Waals surface area contributed by atoms with Crippen LogP contribution in [0.2, 0.25) is 0 Å². The molecular weight excluding hydrogens is 250 g/mol. The van der Waals surface area contributed by atoms with E-state index in [1.165, 1.54) is 18.2 Å². The number of carbonyl (C=O) groups is 1. The summed E-state index contributed by atoms with van der Waals surface area (Å²) < 4.78 is 25.2. The highest BCUT2D eigenvalue weighted by molar-refractivity contribution is 7.89. The number of carbonyl (C=O) groups excluding carboxylic acids is 1. The maximum atomic E-state index is 12.2. The van der Waals surface area contributed by atoms with Crippen molar-refractivity contribution in [1.82, 2.24) is 4.31 Å². The number of amides is 1. The fourth-order valence-corrected chi connectivity index (χ4v) is 2.71. The molecule has 0 aliphatic heterocycles. The summed E-state index contributed by atoms with van der Waals surface area (Å²) in [4.78, 5) is 11.6. The van der Waals surface area contributed by atoms with Gasteiger partial charge in [-0.25, -0.2) is 12.7 Å². The van der Waals surface area contributed by atoms with Gasteiger partial charge in [0.15, 0.2) is 0 Å². The van der Waals surface area contributed by atoms with Gasteiger partial charge in [0, 0.05) is 0 Å². The molecule has 0 heterocycles. The summed E-state index contributed by atoms with van der Waals surface area (Å²) in [5.41, 5.74) is 0.944. The van der Waals surface area contributed by atoms with Gasteiger partial charge < -0.3 is 0 Å². The highest BCUT2D eigenvalue weighted by Gasteiger charge is 2.26. The van der Waals surface area contributed by atoms with Crippen molar-refractivity contribution in [3.63, 3.8) is 0 Å². The largest absolute Gasteiger partial charge is 0.269 e. The van der Waals surface area contributed by atoms with Crippen molar-refractivity contribution in [1.29, 1.82) is 0 Å². The number of aryl methyl sites for hydroxylation is 1. The molecule has 1 rings (SSSR count). The van der Waals surface area contributed by atoms with Crippen LogP contribution in [-0.2, 0) is 14.8 Å². The van der Waals surface area contributed by atoms with Crippen molar-refractivity contribution >= 4 is 15.9 Å².